The Balaban J connectivity index is 1.48. The Hall–Kier alpha value is -2.36. The van der Waals surface area contributed by atoms with Crippen LogP contribution in [0.5, 0.6) is 0 Å². The molecule has 0 atom stereocenters. The van der Waals surface area contributed by atoms with Gasteiger partial charge in [-0.1, -0.05) is 18.2 Å². The number of rotatable bonds is 6. The van der Waals surface area contributed by atoms with E-state index in [-0.39, 0.29) is 17.6 Å². The number of nitrogens with one attached hydrogen (secondary N) is 2. The third-order valence-corrected chi connectivity index (χ3v) is 3.78. The standard InChI is InChI=1S/C18H19FN2O/c19-17-4-2-1-3-13(17)11-12-20-15-7-9-16(10-8-15)21-18(22)14-5-6-14/h1-4,7-10,14,20H,5-6,11-12H2,(H,21,22). The van der Waals surface area contributed by atoms with Crippen molar-refractivity contribution in [3.63, 3.8) is 0 Å². The average molecular weight is 298 g/mol. The molecule has 2 aromatic carbocycles. The van der Waals surface area contributed by atoms with Gasteiger partial charge in [0.1, 0.15) is 5.82 Å². The normalized spacial score (nSPS) is 13.7. The van der Waals surface area contributed by atoms with Crippen LogP contribution in [0.4, 0.5) is 15.8 Å². The van der Waals surface area contributed by atoms with Gasteiger partial charge in [-0.3, -0.25) is 4.79 Å². The van der Waals surface area contributed by atoms with Crippen LogP contribution in [-0.4, -0.2) is 12.5 Å². The summed E-state index contributed by atoms with van der Waals surface area (Å²) in [4.78, 5) is 11.7. The van der Waals surface area contributed by atoms with E-state index in [0.29, 0.717) is 18.5 Å². The van der Waals surface area contributed by atoms with Crippen LogP contribution in [-0.2, 0) is 11.2 Å². The second kappa shape index (κ2) is 6.60. The highest BCUT2D eigenvalue weighted by Gasteiger charge is 2.29. The van der Waals surface area contributed by atoms with Crippen LogP contribution in [0.3, 0.4) is 0 Å². The van der Waals surface area contributed by atoms with Gasteiger partial charge in [0.05, 0.1) is 0 Å². The van der Waals surface area contributed by atoms with E-state index >= 15 is 0 Å². The fourth-order valence-electron chi connectivity index (χ4n) is 2.30. The summed E-state index contributed by atoms with van der Waals surface area (Å²) < 4.78 is 13.5. The highest BCUT2D eigenvalue weighted by atomic mass is 19.1. The molecule has 0 spiro atoms. The van der Waals surface area contributed by atoms with Crippen molar-refractivity contribution in [3.05, 3.63) is 59.9 Å². The van der Waals surface area contributed by atoms with E-state index in [0.717, 1.165) is 24.2 Å². The maximum Gasteiger partial charge on any atom is 0.227 e. The first-order chi connectivity index (χ1) is 10.7. The third kappa shape index (κ3) is 3.85. The van der Waals surface area contributed by atoms with Crippen molar-refractivity contribution < 1.29 is 9.18 Å². The van der Waals surface area contributed by atoms with Gasteiger partial charge in [0, 0.05) is 23.8 Å². The first-order valence-electron chi connectivity index (χ1n) is 7.60. The van der Waals surface area contributed by atoms with Crippen LogP contribution in [0.15, 0.2) is 48.5 Å². The minimum Gasteiger partial charge on any atom is -0.385 e. The Kier molecular flexibility index (Phi) is 4.37. The zero-order valence-corrected chi connectivity index (χ0v) is 12.3. The molecule has 1 aliphatic carbocycles. The molecule has 0 radical (unpaired) electrons. The first kappa shape index (κ1) is 14.6. The van der Waals surface area contributed by atoms with E-state index in [4.69, 9.17) is 0 Å². The molecular weight excluding hydrogens is 279 g/mol. The number of carbonyl (C=O) groups is 1. The summed E-state index contributed by atoms with van der Waals surface area (Å²) in [6, 6.07) is 14.4. The van der Waals surface area contributed by atoms with Crippen molar-refractivity contribution in [3.8, 4) is 0 Å². The van der Waals surface area contributed by atoms with Gasteiger partial charge in [0.25, 0.3) is 0 Å². The van der Waals surface area contributed by atoms with Crippen molar-refractivity contribution >= 4 is 17.3 Å². The minimum absolute atomic E-state index is 0.111. The predicted octanol–water partition coefficient (Wildman–Crippen LogP) is 3.83. The SMILES string of the molecule is O=C(Nc1ccc(NCCc2ccccc2F)cc1)C1CC1. The summed E-state index contributed by atoms with van der Waals surface area (Å²) in [6.07, 6.45) is 2.63. The zero-order valence-electron chi connectivity index (χ0n) is 12.3. The van der Waals surface area contributed by atoms with E-state index in [9.17, 15) is 9.18 Å². The zero-order chi connectivity index (χ0) is 15.4. The fraction of sp³-hybridized carbons (Fsp3) is 0.278. The molecule has 3 nitrogen and oxygen atoms in total. The molecule has 1 aliphatic rings. The lowest BCUT2D eigenvalue weighted by atomic mass is 10.1. The Morgan fingerprint density at radius 1 is 1.05 bits per heavy atom. The molecule has 0 aliphatic heterocycles. The second-order valence-electron chi connectivity index (χ2n) is 5.61. The number of halogens is 1. The molecule has 114 valence electrons. The Morgan fingerprint density at radius 2 is 1.73 bits per heavy atom. The lowest BCUT2D eigenvalue weighted by Gasteiger charge is -2.09. The summed E-state index contributed by atoms with van der Waals surface area (Å²) in [6.45, 7) is 0.661. The van der Waals surface area contributed by atoms with Crippen LogP contribution < -0.4 is 10.6 Å². The van der Waals surface area contributed by atoms with Gasteiger partial charge in [-0.05, 0) is 55.2 Å². The van der Waals surface area contributed by atoms with Crippen molar-refractivity contribution in [2.45, 2.75) is 19.3 Å². The highest BCUT2D eigenvalue weighted by molar-refractivity contribution is 5.94. The molecule has 0 aromatic heterocycles. The molecule has 0 heterocycles. The highest BCUT2D eigenvalue weighted by Crippen LogP contribution is 2.30. The van der Waals surface area contributed by atoms with E-state index in [2.05, 4.69) is 10.6 Å². The van der Waals surface area contributed by atoms with Crippen LogP contribution in [0.25, 0.3) is 0 Å². The molecular formula is C18H19FN2O. The number of anilines is 2. The lowest BCUT2D eigenvalue weighted by molar-refractivity contribution is -0.117. The van der Waals surface area contributed by atoms with Gasteiger partial charge in [0.15, 0.2) is 0 Å². The lowest BCUT2D eigenvalue weighted by Crippen LogP contribution is -2.13. The number of hydrogen-bond acceptors (Lipinski definition) is 2. The van der Waals surface area contributed by atoms with Crippen LogP contribution in [0.2, 0.25) is 0 Å². The predicted molar refractivity (Wildman–Crippen MR) is 86.4 cm³/mol. The Bertz CT molecular complexity index is 650. The van der Waals surface area contributed by atoms with Crippen LogP contribution >= 0.6 is 0 Å². The number of hydrogen-bond donors (Lipinski definition) is 2. The third-order valence-electron chi connectivity index (χ3n) is 3.78. The molecule has 1 fully saturated rings. The molecule has 0 unspecified atom stereocenters. The van der Waals surface area contributed by atoms with E-state index in [1.807, 2.05) is 30.3 Å². The van der Waals surface area contributed by atoms with Gasteiger partial charge >= 0.3 is 0 Å². The van der Waals surface area contributed by atoms with Crippen molar-refractivity contribution in [2.75, 3.05) is 17.2 Å². The molecule has 0 bridgehead atoms. The molecule has 4 heteroatoms. The topological polar surface area (TPSA) is 41.1 Å². The quantitative estimate of drug-likeness (QED) is 0.851. The van der Waals surface area contributed by atoms with E-state index < -0.39 is 0 Å². The summed E-state index contributed by atoms with van der Waals surface area (Å²) in [7, 11) is 0. The molecule has 1 amide bonds. The maximum atomic E-state index is 13.5. The monoisotopic (exact) mass is 298 g/mol. The summed E-state index contributed by atoms with van der Waals surface area (Å²) in [5.41, 5.74) is 2.49. The molecule has 1 saturated carbocycles. The molecule has 0 saturated heterocycles. The largest absolute Gasteiger partial charge is 0.385 e. The van der Waals surface area contributed by atoms with Gasteiger partial charge in [-0.25, -0.2) is 4.39 Å². The Morgan fingerprint density at radius 3 is 2.41 bits per heavy atom. The molecule has 2 aromatic rings. The second-order valence-corrected chi connectivity index (χ2v) is 5.61. The van der Waals surface area contributed by atoms with Crippen LogP contribution in [0.1, 0.15) is 18.4 Å². The fourth-order valence-corrected chi connectivity index (χ4v) is 2.30. The number of benzene rings is 2. The van der Waals surface area contributed by atoms with E-state index in [1.165, 1.54) is 6.07 Å². The Labute approximate surface area is 129 Å². The van der Waals surface area contributed by atoms with Crippen LogP contribution in [0, 0.1) is 11.7 Å². The molecule has 3 rings (SSSR count). The number of amides is 1. The summed E-state index contributed by atoms with van der Waals surface area (Å²) >= 11 is 0. The summed E-state index contributed by atoms with van der Waals surface area (Å²) in [5.74, 6) is 0.154. The van der Waals surface area contributed by atoms with Crippen molar-refractivity contribution in [1.29, 1.82) is 0 Å². The van der Waals surface area contributed by atoms with E-state index in [1.54, 1.807) is 12.1 Å². The number of carbonyl (C=O) groups excluding carboxylic acids is 1. The van der Waals surface area contributed by atoms with Gasteiger partial charge < -0.3 is 10.6 Å². The van der Waals surface area contributed by atoms with Crippen molar-refractivity contribution in [1.82, 2.24) is 0 Å². The smallest absolute Gasteiger partial charge is 0.227 e. The maximum absolute atomic E-state index is 13.5. The molecule has 22 heavy (non-hydrogen) atoms. The van der Waals surface area contributed by atoms with Gasteiger partial charge in [-0.15, -0.1) is 0 Å². The minimum atomic E-state index is -0.164. The first-order valence-corrected chi connectivity index (χ1v) is 7.60. The van der Waals surface area contributed by atoms with Crippen molar-refractivity contribution in [2.24, 2.45) is 5.92 Å². The summed E-state index contributed by atoms with van der Waals surface area (Å²) in [5, 5.41) is 6.16. The van der Waals surface area contributed by atoms with Gasteiger partial charge in [-0.2, -0.15) is 0 Å². The average Bonchev–Trinajstić information content (AvgIpc) is 3.36. The molecule has 2 N–H and O–H groups in total. The van der Waals surface area contributed by atoms with Gasteiger partial charge in [0.2, 0.25) is 5.91 Å².